The normalized spacial score (nSPS) is 13.7. The first-order valence-corrected chi connectivity index (χ1v) is 12.9. The number of furan rings is 1. The monoisotopic (exact) mass is 522 g/mol. The quantitative estimate of drug-likeness (QED) is 0.331. The predicted octanol–water partition coefficient (Wildman–Crippen LogP) is 4.03. The number of oxazole rings is 1. The number of nitrogens with zero attached hydrogens (tertiary/aromatic N) is 6. The van der Waals surface area contributed by atoms with Crippen LogP contribution in [0.4, 0.5) is 4.79 Å². The third-order valence-corrected chi connectivity index (χ3v) is 6.74. The molecule has 0 spiro atoms. The van der Waals surface area contributed by atoms with Crippen molar-refractivity contribution in [3.63, 3.8) is 0 Å². The Morgan fingerprint density at radius 2 is 1.86 bits per heavy atom. The molecule has 1 aliphatic rings. The van der Waals surface area contributed by atoms with Gasteiger partial charge in [-0.25, -0.2) is 9.78 Å². The van der Waals surface area contributed by atoms with Gasteiger partial charge in [0.1, 0.15) is 6.26 Å². The molecule has 4 heterocycles. The van der Waals surface area contributed by atoms with Gasteiger partial charge in [0.25, 0.3) is 5.91 Å². The molecule has 0 aliphatic carbocycles. The summed E-state index contributed by atoms with van der Waals surface area (Å²) < 4.78 is 18.1. The van der Waals surface area contributed by atoms with Crippen LogP contribution in [0.3, 0.4) is 0 Å². The summed E-state index contributed by atoms with van der Waals surface area (Å²) in [5, 5.41) is 9.36. The minimum absolute atomic E-state index is 0.230. The number of hydrogen-bond acceptors (Lipinski definition) is 9. The van der Waals surface area contributed by atoms with Crippen LogP contribution in [0.25, 0.3) is 17.3 Å². The van der Waals surface area contributed by atoms with E-state index in [-0.39, 0.29) is 17.7 Å². The van der Waals surface area contributed by atoms with Gasteiger partial charge >= 0.3 is 6.09 Å². The number of aryl methyl sites for hydroxylation is 1. The second-order valence-electron chi connectivity index (χ2n) is 8.35. The summed E-state index contributed by atoms with van der Waals surface area (Å²) >= 11 is 1.40. The van der Waals surface area contributed by atoms with Crippen molar-refractivity contribution in [1.29, 1.82) is 0 Å². The van der Waals surface area contributed by atoms with Crippen LogP contribution in [0.15, 0.2) is 62.9 Å². The topological polar surface area (TPSA) is 120 Å². The molecule has 0 bridgehead atoms. The summed E-state index contributed by atoms with van der Waals surface area (Å²) in [4.78, 5) is 32.5. The molecule has 1 fully saturated rings. The van der Waals surface area contributed by atoms with E-state index in [9.17, 15) is 9.59 Å². The summed E-state index contributed by atoms with van der Waals surface area (Å²) in [6.45, 7) is 5.75. The van der Waals surface area contributed by atoms with Gasteiger partial charge in [-0.2, -0.15) is 0 Å². The van der Waals surface area contributed by atoms with Crippen LogP contribution in [0.1, 0.15) is 28.9 Å². The van der Waals surface area contributed by atoms with E-state index in [0.717, 1.165) is 11.3 Å². The fraction of sp³-hybridized carbons (Fsp3) is 0.320. The maximum Gasteiger partial charge on any atom is 0.409 e. The molecule has 0 radical (unpaired) electrons. The number of thioether (sulfide) groups is 1. The second kappa shape index (κ2) is 10.9. The lowest BCUT2D eigenvalue weighted by Crippen LogP contribution is -2.50. The van der Waals surface area contributed by atoms with E-state index < -0.39 is 0 Å². The van der Waals surface area contributed by atoms with Crippen molar-refractivity contribution in [2.24, 2.45) is 0 Å². The molecule has 0 N–H and O–H groups in total. The minimum atomic E-state index is -0.357. The number of carbonyl (C=O) groups excluding carboxylic acids is 2. The molecule has 192 valence electrons. The number of ether oxygens (including phenoxy) is 1. The zero-order valence-electron chi connectivity index (χ0n) is 20.5. The molecule has 1 aliphatic heterocycles. The average molecular weight is 523 g/mol. The molecule has 12 heteroatoms. The molecule has 3 aromatic heterocycles. The van der Waals surface area contributed by atoms with Crippen molar-refractivity contribution in [3.05, 3.63) is 66.1 Å². The number of benzene rings is 1. The third kappa shape index (κ3) is 5.38. The van der Waals surface area contributed by atoms with Gasteiger partial charge in [-0.15, -0.1) is 10.2 Å². The Labute approximate surface area is 217 Å². The van der Waals surface area contributed by atoms with Gasteiger partial charge in [0.15, 0.2) is 16.6 Å². The highest BCUT2D eigenvalue weighted by Crippen LogP contribution is 2.30. The summed E-state index contributed by atoms with van der Waals surface area (Å²) in [5.74, 6) is 1.71. The highest BCUT2D eigenvalue weighted by Gasteiger charge is 2.27. The maximum atomic E-state index is 12.9. The van der Waals surface area contributed by atoms with E-state index in [1.807, 2.05) is 41.8 Å². The van der Waals surface area contributed by atoms with Crippen LogP contribution in [-0.2, 0) is 10.5 Å². The Bertz CT molecular complexity index is 1370. The molecule has 1 saturated heterocycles. The number of carbonyl (C=O) groups is 2. The molecular weight excluding hydrogens is 496 g/mol. The van der Waals surface area contributed by atoms with Crippen LogP contribution < -0.4 is 0 Å². The molecule has 37 heavy (non-hydrogen) atoms. The van der Waals surface area contributed by atoms with Gasteiger partial charge in [-0.05, 0) is 43.7 Å². The highest BCUT2D eigenvalue weighted by atomic mass is 32.2. The largest absolute Gasteiger partial charge is 0.461 e. The van der Waals surface area contributed by atoms with Gasteiger partial charge in [0.2, 0.25) is 11.7 Å². The lowest BCUT2D eigenvalue weighted by atomic mass is 10.2. The number of rotatable bonds is 7. The molecule has 1 aromatic carbocycles. The molecule has 0 saturated carbocycles. The average Bonchev–Trinajstić information content (AvgIpc) is 3.68. The van der Waals surface area contributed by atoms with E-state index in [0.29, 0.717) is 61.2 Å². The Hall–Kier alpha value is -4.06. The number of hydrogen-bond donors (Lipinski definition) is 0. The second-order valence-corrected chi connectivity index (χ2v) is 9.29. The van der Waals surface area contributed by atoms with Gasteiger partial charge in [-0.1, -0.05) is 23.9 Å². The van der Waals surface area contributed by atoms with E-state index in [1.165, 1.54) is 18.0 Å². The standard InChI is InChI=1S/C25H26N6O5S/c1-3-34-25(33)30-11-9-29(10-12-30)23(32)19-15-36-21(26-19)16-37-24-28-27-22(20-8-5-13-35-20)31(24)18-7-4-6-17(2)14-18/h4-8,13-15H,3,9-12,16H2,1-2H3. The summed E-state index contributed by atoms with van der Waals surface area (Å²) in [5.41, 5.74) is 2.24. The van der Waals surface area contributed by atoms with E-state index in [4.69, 9.17) is 13.6 Å². The van der Waals surface area contributed by atoms with Crippen LogP contribution in [0.5, 0.6) is 0 Å². The highest BCUT2D eigenvalue weighted by molar-refractivity contribution is 7.98. The molecule has 2 amide bonds. The van der Waals surface area contributed by atoms with Crippen molar-refractivity contribution in [2.75, 3.05) is 32.8 Å². The first-order valence-electron chi connectivity index (χ1n) is 11.9. The minimum Gasteiger partial charge on any atom is -0.461 e. The Balaban J connectivity index is 1.27. The molecule has 0 atom stereocenters. The van der Waals surface area contributed by atoms with Gasteiger partial charge in [-0.3, -0.25) is 9.36 Å². The van der Waals surface area contributed by atoms with Crippen LogP contribution in [-0.4, -0.2) is 74.3 Å². The Morgan fingerprint density at radius 1 is 1.05 bits per heavy atom. The lowest BCUT2D eigenvalue weighted by molar-refractivity contribution is 0.0566. The van der Waals surface area contributed by atoms with E-state index in [1.54, 1.807) is 29.1 Å². The first-order chi connectivity index (χ1) is 18.0. The molecule has 5 rings (SSSR count). The summed E-state index contributed by atoms with van der Waals surface area (Å²) in [6, 6.07) is 11.7. The molecule has 4 aromatic rings. The Morgan fingerprint density at radius 3 is 2.59 bits per heavy atom. The fourth-order valence-electron chi connectivity index (χ4n) is 4.00. The Kier molecular flexibility index (Phi) is 7.26. The predicted molar refractivity (Wildman–Crippen MR) is 134 cm³/mol. The number of piperazine rings is 1. The molecule has 11 nitrogen and oxygen atoms in total. The van der Waals surface area contributed by atoms with Gasteiger partial charge in [0.05, 0.1) is 24.3 Å². The molecular formula is C25H26N6O5S. The smallest absolute Gasteiger partial charge is 0.409 e. The zero-order valence-corrected chi connectivity index (χ0v) is 21.3. The van der Waals surface area contributed by atoms with E-state index >= 15 is 0 Å². The number of aromatic nitrogens is 4. The fourth-order valence-corrected chi connectivity index (χ4v) is 4.80. The summed E-state index contributed by atoms with van der Waals surface area (Å²) in [7, 11) is 0. The van der Waals surface area contributed by atoms with Crippen LogP contribution in [0.2, 0.25) is 0 Å². The van der Waals surface area contributed by atoms with E-state index in [2.05, 4.69) is 15.2 Å². The number of amides is 2. The van der Waals surface area contributed by atoms with Crippen molar-refractivity contribution in [2.45, 2.75) is 24.8 Å². The van der Waals surface area contributed by atoms with Crippen molar-refractivity contribution in [1.82, 2.24) is 29.5 Å². The van der Waals surface area contributed by atoms with Gasteiger partial charge < -0.3 is 23.4 Å². The lowest BCUT2D eigenvalue weighted by Gasteiger charge is -2.33. The summed E-state index contributed by atoms with van der Waals surface area (Å²) in [6.07, 6.45) is 2.61. The maximum absolute atomic E-state index is 12.9. The van der Waals surface area contributed by atoms with Crippen molar-refractivity contribution >= 4 is 23.8 Å². The van der Waals surface area contributed by atoms with Crippen molar-refractivity contribution in [3.8, 4) is 17.3 Å². The first kappa shape index (κ1) is 24.6. The SMILES string of the molecule is CCOC(=O)N1CCN(C(=O)c2coc(CSc3nnc(-c4ccco4)n3-c3cccc(C)c3)n2)CC1. The third-order valence-electron chi connectivity index (χ3n) is 5.82. The van der Waals surface area contributed by atoms with Crippen LogP contribution in [0, 0.1) is 6.92 Å². The van der Waals surface area contributed by atoms with Gasteiger partial charge in [0, 0.05) is 26.2 Å². The molecule has 0 unspecified atom stereocenters. The van der Waals surface area contributed by atoms with Crippen molar-refractivity contribution < 1.29 is 23.2 Å². The zero-order chi connectivity index (χ0) is 25.8. The van der Waals surface area contributed by atoms with Crippen LogP contribution >= 0.6 is 11.8 Å².